The fraction of sp³-hybridized carbons (Fsp3) is 0.455. The van der Waals surface area contributed by atoms with Gasteiger partial charge >= 0.3 is 0 Å². The summed E-state index contributed by atoms with van der Waals surface area (Å²) in [6.45, 7) is 1.69. The molecule has 0 aliphatic carbocycles. The van der Waals surface area contributed by atoms with Gasteiger partial charge in [-0.15, -0.1) is 0 Å². The number of anilines is 1. The van der Waals surface area contributed by atoms with Crippen LogP contribution in [0.3, 0.4) is 0 Å². The summed E-state index contributed by atoms with van der Waals surface area (Å²) in [5, 5.41) is 0. The molecule has 1 amide bonds. The van der Waals surface area contributed by atoms with Crippen LogP contribution in [0.1, 0.15) is 12.8 Å². The van der Waals surface area contributed by atoms with Crippen molar-refractivity contribution in [1.82, 2.24) is 9.47 Å². The van der Waals surface area contributed by atoms with E-state index in [9.17, 15) is 9.59 Å². The van der Waals surface area contributed by atoms with Gasteiger partial charge in [0.05, 0.1) is 5.69 Å². The first-order valence-corrected chi connectivity index (χ1v) is 5.41. The third-order valence-electron chi connectivity index (χ3n) is 2.81. The molecular formula is C11H15N3O2. The Morgan fingerprint density at radius 2 is 2.06 bits per heavy atom. The summed E-state index contributed by atoms with van der Waals surface area (Å²) in [4.78, 5) is 25.2. The van der Waals surface area contributed by atoms with Crippen molar-refractivity contribution < 1.29 is 4.79 Å². The fourth-order valence-electron chi connectivity index (χ4n) is 1.89. The molecule has 0 bridgehead atoms. The van der Waals surface area contributed by atoms with Crippen LogP contribution in [0, 0.1) is 0 Å². The van der Waals surface area contributed by atoms with E-state index in [2.05, 4.69) is 0 Å². The highest BCUT2D eigenvalue weighted by molar-refractivity contribution is 5.76. The molecule has 1 saturated heterocycles. The Morgan fingerprint density at radius 3 is 2.75 bits per heavy atom. The molecule has 2 rings (SSSR count). The predicted octanol–water partition coefficient (Wildman–Crippen LogP) is 0.0529. The number of nitrogens with zero attached hydrogens (tertiary/aromatic N) is 2. The van der Waals surface area contributed by atoms with Gasteiger partial charge in [-0.05, 0) is 25.0 Å². The molecule has 5 heteroatoms. The van der Waals surface area contributed by atoms with E-state index < -0.39 is 0 Å². The number of rotatable bonds is 2. The van der Waals surface area contributed by atoms with Gasteiger partial charge in [-0.1, -0.05) is 0 Å². The van der Waals surface area contributed by atoms with Gasteiger partial charge in [0.2, 0.25) is 5.91 Å². The lowest BCUT2D eigenvalue weighted by Gasteiger charge is -2.15. The molecule has 0 radical (unpaired) electrons. The Morgan fingerprint density at radius 1 is 1.38 bits per heavy atom. The zero-order chi connectivity index (χ0) is 11.5. The molecule has 0 unspecified atom stereocenters. The van der Waals surface area contributed by atoms with Crippen molar-refractivity contribution >= 4 is 11.6 Å². The number of likely N-dealkylation sites (tertiary alicyclic amines) is 1. The molecule has 0 spiro atoms. The average molecular weight is 221 g/mol. The highest BCUT2D eigenvalue weighted by Gasteiger charge is 2.18. The average Bonchev–Trinajstić information content (AvgIpc) is 2.78. The van der Waals surface area contributed by atoms with E-state index in [1.165, 1.54) is 4.57 Å². The van der Waals surface area contributed by atoms with Crippen LogP contribution >= 0.6 is 0 Å². The summed E-state index contributed by atoms with van der Waals surface area (Å²) < 4.78 is 1.36. The lowest BCUT2D eigenvalue weighted by molar-refractivity contribution is -0.130. The van der Waals surface area contributed by atoms with Crippen LogP contribution in [0.4, 0.5) is 5.69 Å². The second kappa shape index (κ2) is 4.38. The molecule has 1 aliphatic heterocycles. The van der Waals surface area contributed by atoms with Crippen molar-refractivity contribution in [2.75, 3.05) is 18.8 Å². The van der Waals surface area contributed by atoms with Crippen LogP contribution in [0.25, 0.3) is 0 Å². The highest BCUT2D eigenvalue weighted by Crippen LogP contribution is 2.07. The van der Waals surface area contributed by atoms with Gasteiger partial charge in [-0.25, -0.2) is 0 Å². The van der Waals surface area contributed by atoms with E-state index in [1.54, 1.807) is 23.2 Å². The van der Waals surface area contributed by atoms with Crippen LogP contribution in [0.15, 0.2) is 23.1 Å². The molecule has 2 heterocycles. The summed E-state index contributed by atoms with van der Waals surface area (Å²) in [6, 6.07) is 3.22. The van der Waals surface area contributed by atoms with Crippen LogP contribution in [0.5, 0.6) is 0 Å². The summed E-state index contributed by atoms with van der Waals surface area (Å²) in [5.41, 5.74) is 5.37. The van der Waals surface area contributed by atoms with Crippen molar-refractivity contribution in [2.24, 2.45) is 0 Å². The Kier molecular flexibility index (Phi) is 2.94. The topological polar surface area (TPSA) is 68.3 Å². The van der Waals surface area contributed by atoms with Gasteiger partial charge in [0.1, 0.15) is 6.54 Å². The van der Waals surface area contributed by atoms with Crippen molar-refractivity contribution in [1.29, 1.82) is 0 Å². The smallest absolute Gasteiger partial charge is 0.274 e. The van der Waals surface area contributed by atoms with Crippen LogP contribution in [-0.2, 0) is 11.3 Å². The lowest BCUT2D eigenvalue weighted by Crippen LogP contribution is -2.34. The number of hydrogen-bond acceptors (Lipinski definition) is 3. The number of aromatic nitrogens is 1. The fourth-order valence-corrected chi connectivity index (χ4v) is 1.89. The quantitative estimate of drug-likeness (QED) is 0.767. The first kappa shape index (κ1) is 10.7. The van der Waals surface area contributed by atoms with Gasteiger partial charge in [0.25, 0.3) is 5.56 Å². The van der Waals surface area contributed by atoms with Crippen molar-refractivity contribution in [3.63, 3.8) is 0 Å². The molecule has 2 N–H and O–H groups in total. The molecule has 86 valence electrons. The van der Waals surface area contributed by atoms with Crippen molar-refractivity contribution in [2.45, 2.75) is 19.4 Å². The Bertz CT molecular complexity index is 447. The normalized spacial score (nSPS) is 15.4. The Balaban J connectivity index is 2.11. The van der Waals surface area contributed by atoms with Crippen LogP contribution in [0.2, 0.25) is 0 Å². The molecule has 1 fully saturated rings. The zero-order valence-electron chi connectivity index (χ0n) is 9.06. The molecule has 0 aromatic carbocycles. The number of carbonyl (C=O) groups excluding carboxylic acids is 1. The maximum Gasteiger partial charge on any atom is 0.274 e. The minimum Gasteiger partial charge on any atom is -0.394 e. The molecule has 0 saturated carbocycles. The van der Waals surface area contributed by atoms with Crippen molar-refractivity contribution in [3.05, 3.63) is 28.7 Å². The summed E-state index contributed by atoms with van der Waals surface area (Å²) in [7, 11) is 0. The maximum absolute atomic E-state index is 11.8. The largest absolute Gasteiger partial charge is 0.394 e. The van der Waals surface area contributed by atoms with Crippen LogP contribution in [-0.4, -0.2) is 28.5 Å². The summed E-state index contributed by atoms with van der Waals surface area (Å²) >= 11 is 0. The summed E-state index contributed by atoms with van der Waals surface area (Å²) in [6.07, 6.45) is 3.70. The van der Waals surface area contributed by atoms with Gasteiger partial charge in [0.15, 0.2) is 0 Å². The van der Waals surface area contributed by atoms with E-state index in [4.69, 9.17) is 5.73 Å². The zero-order valence-corrected chi connectivity index (χ0v) is 9.06. The third kappa shape index (κ3) is 2.08. The predicted molar refractivity (Wildman–Crippen MR) is 60.9 cm³/mol. The standard InChI is InChI=1S/C11H15N3O2/c12-9-4-3-7-14(11(9)16)8-10(15)13-5-1-2-6-13/h3-4,7H,1-2,5-6,8,12H2. The second-order valence-electron chi connectivity index (χ2n) is 3.98. The number of hydrogen-bond donors (Lipinski definition) is 1. The molecule has 5 nitrogen and oxygen atoms in total. The first-order chi connectivity index (χ1) is 7.68. The third-order valence-corrected chi connectivity index (χ3v) is 2.81. The molecule has 0 atom stereocenters. The minimum absolute atomic E-state index is 0.00907. The number of nitrogens with two attached hydrogens (primary N) is 1. The number of amides is 1. The molecule has 1 aromatic rings. The first-order valence-electron chi connectivity index (χ1n) is 5.41. The molecular weight excluding hydrogens is 206 g/mol. The second-order valence-corrected chi connectivity index (χ2v) is 3.98. The van der Waals surface area contributed by atoms with E-state index in [1.807, 2.05) is 0 Å². The van der Waals surface area contributed by atoms with E-state index >= 15 is 0 Å². The lowest BCUT2D eigenvalue weighted by atomic mass is 10.4. The Labute approximate surface area is 93.5 Å². The number of pyridine rings is 1. The van der Waals surface area contributed by atoms with Gasteiger partial charge in [-0.2, -0.15) is 0 Å². The monoisotopic (exact) mass is 221 g/mol. The van der Waals surface area contributed by atoms with Gasteiger partial charge < -0.3 is 15.2 Å². The van der Waals surface area contributed by atoms with E-state index in [0.717, 1.165) is 25.9 Å². The Hall–Kier alpha value is -1.78. The van der Waals surface area contributed by atoms with E-state index in [0.29, 0.717) is 0 Å². The number of nitrogen functional groups attached to an aromatic ring is 1. The van der Waals surface area contributed by atoms with E-state index in [-0.39, 0.29) is 23.7 Å². The molecule has 16 heavy (non-hydrogen) atoms. The SMILES string of the molecule is Nc1cccn(CC(=O)N2CCCC2)c1=O. The van der Waals surface area contributed by atoms with Gasteiger partial charge in [0, 0.05) is 19.3 Å². The molecule has 1 aromatic heterocycles. The summed E-state index contributed by atoms with van der Waals surface area (Å²) in [5.74, 6) is -0.00907. The van der Waals surface area contributed by atoms with Crippen LogP contribution < -0.4 is 11.3 Å². The van der Waals surface area contributed by atoms with Gasteiger partial charge in [-0.3, -0.25) is 9.59 Å². The molecule has 1 aliphatic rings. The van der Waals surface area contributed by atoms with Crippen molar-refractivity contribution in [3.8, 4) is 0 Å². The highest BCUT2D eigenvalue weighted by atomic mass is 16.2. The minimum atomic E-state index is -0.296. The number of carbonyl (C=O) groups is 1. The maximum atomic E-state index is 11.8.